The van der Waals surface area contributed by atoms with E-state index in [0.29, 0.717) is 16.0 Å². The number of halogens is 1. The third-order valence-electron chi connectivity index (χ3n) is 3.30. The number of nitrogens with one attached hydrogen (secondary N) is 1. The predicted molar refractivity (Wildman–Crippen MR) is 105 cm³/mol. The van der Waals surface area contributed by atoms with E-state index in [9.17, 15) is 16.8 Å². The Morgan fingerprint density at radius 1 is 1.15 bits per heavy atom. The van der Waals surface area contributed by atoms with E-state index in [0.717, 1.165) is 15.6 Å². The van der Waals surface area contributed by atoms with Gasteiger partial charge in [-0.05, 0) is 37.3 Å². The monoisotopic (exact) mass is 482 g/mol. The van der Waals surface area contributed by atoms with Crippen LogP contribution in [0.5, 0.6) is 5.75 Å². The van der Waals surface area contributed by atoms with Gasteiger partial charge >= 0.3 is 0 Å². The van der Waals surface area contributed by atoms with Gasteiger partial charge in [0.25, 0.3) is 10.0 Å². The number of rotatable bonds is 8. The molecule has 0 amide bonds. The quantitative estimate of drug-likeness (QED) is 0.623. The number of hydrogen-bond acceptors (Lipinski definition) is 6. The minimum absolute atomic E-state index is 0.0198. The second-order valence-corrected chi connectivity index (χ2v) is 11.6. The summed E-state index contributed by atoms with van der Waals surface area (Å²) in [5, 5.41) is 0. The van der Waals surface area contributed by atoms with Gasteiger partial charge in [-0.25, -0.2) is 25.9 Å². The maximum atomic E-state index is 12.6. The highest BCUT2D eigenvalue weighted by Gasteiger charge is 2.22. The molecule has 0 fully saturated rings. The minimum atomic E-state index is -3.83. The normalized spacial score (nSPS) is 12.5. The van der Waals surface area contributed by atoms with Crippen LogP contribution in [0.3, 0.4) is 0 Å². The average Bonchev–Trinajstić information content (AvgIpc) is 3.04. The number of ether oxygens (including phenoxy) is 1. The second-order valence-electron chi connectivity index (χ2n) is 5.36. The molecule has 1 N–H and O–H groups in total. The van der Waals surface area contributed by atoms with Crippen molar-refractivity contribution in [3.63, 3.8) is 0 Å². The lowest BCUT2D eigenvalue weighted by Crippen LogP contribution is -2.23. The van der Waals surface area contributed by atoms with Gasteiger partial charge in [0.2, 0.25) is 10.0 Å². The number of benzene rings is 1. The predicted octanol–water partition coefficient (Wildman–Crippen LogP) is 2.64. The largest absolute Gasteiger partial charge is 0.492 e. The molecular weight excluding hydrogens is 464 g/mol. The van der Waals surface area contributed by atoms with E-state index in [1.54, 1.807) is 25.1 Å². The lowest BCUT2D eigenvalue weighted by molar-refractivity contribution is 0.331. The summed E-state index contributed by atoms with van der Waals surface area (Å²) in [7, 11) is -4.48. The van der Waals surface area contributed by atoms with Crippen molar-refractivity contribution in [3.05, 3.63) is 39.7 Å². The Bertz CT molecular complexity index is 984. The van der Waals surface area contributed by atoms with Crippen LogP contribution in [-0.4, -0.2) is 41.8 Å². The molecule has 0 aliphatic heterocycles. The van der Waals surface area contributed by atoms with Crippen LogP contribution in [0.25, 0.3) is 0 Å². The molecule has 0 aliphatic rings. The molecule has 144 valence electrons. The first-order valence-corrected chi connectivity index (χ1v) is 12.0. The lowest BCUT2D eigenvalue weighted by atomic mass is 10.3. The van der Waals surface area contributed by atoms with Crippen molar-refractivity contribution in [2.24, 2.45) is 0 Å². The summed E-state index contributed by atoms with van der Waals surface area (Å²) in [5.74, 6) is 0.255. The van der Waals surface area contributed by atoms with Crippen molar-refractivity contribution >= 4 is 47.3 Å². The molecule has 0 radical (unpaired) electrons. The van der Waals surface area contributed by atoms with Gasteiger partial charge in [-0.1, -0.05) is 15.9 Å². The Morgan fingerprint density at radius 3 is 2.46 bits per heavy atom. The highest BCUT2D eigenvalue weighted by atomic mass is 79.9. The van der Waals surface area contributed by atoms with Crippen LogP contribution in [-0.2, 0) is 26.6 Å². The van der Waals surface area contributed by atoms with Crippen molar-refractivity contribution in [3.8, 4) is 5.75 Å². The summed E-state index contributed by atoms with van der Waals surface area (Å²) < 4.78 is 59.2. The molecule has 7 nitrogen and oxygen atoms in total. The summed E-state index contributed by atoms with van der Waals surface area (Å²) in [5.41, 5.74) is 0. The maximum absolute atomic E-state index is 12.6. The molecule has 1 heterocycles. The van der Waals surface area contributed by atoms with Crippen LogP contribution in [0.1, 0.15) is 11.8 Å². The zero-order chi connectivity index (χ0) is 19.5. The van der Waals surface area contributed by atoms with E-state index in [1.807, 2.05) is 0 Å². The summed E-state index contributed by atoms with van der Waals surface area (Å²) in [6, 6.07) is 7.79. The minimum Gasteiger partial charge on any atom is -0.492 e. The van der Waals surface area contributed by atoms with E-state index in [-0.39, 0.29) is 21.4 Å². The van der Waals surface area contributed by atoms with Gasteiger partial charge in [0.15, 0.2) is 0 Å². The van der Waals surface area contributed by atoms with E-state index >= 15 is 0 Å². The molecule has 0 saturated carbocycles. The SMILES string of the molecule is CCOc1ccc(Br)cc1S(=O)(=O)NCc1ccc(S(=O)(=O)N(C)C)s1. The van der Waals surface area contributed by atoms with Gasteiger partial charge in [0, 0.05) is 30.0 Å². The summed E-state index contributed by atoms with van der Waals surface area (Å²) >= 11 is 4.28. The molecule has 26 heavy (non-hydrogen) atoms. The molecule has 0 unspecified atom stereocenters. The fourth-order valence-electron chi connectivity index (χ4n) is 1.98. The van der Waals surface area contributed by atoms with Crippen LogP contribution >= 0.6 is 27.3 Å². The summed E-state index contributed by atoms with van der Waals surface area (Å²) in [6.07, 6.45) is 0. The van der Waals surface area contributed by atoms with E-state index in [2.05, 4.69) is 20.7 Å². The highest BCUT2D eigenvalue weighted by molar-refractivity contribution is 9.10. The van der Waals surface area contributed by atoms with Crippen LogP contribution in [0, 0.1) is 0 Å². The fraction of sp³-hybridized carbons (Fsp3) is 0.333. The first-order chi connectivity index (χ1) is 12.1. The van der Waals surface area contributed by atoms with E-state index in [4.69, 9.17) is 4.74 Å². The van der Waals surface area contributed by atoms with E-state index in [1.165, 1.54) is 26.2 Å². The number of sulfonamides is 2. The van der Waals surface area contributed by atoms with Crippen LogP contribution in [0.2, 0.25) is 0 Å². The van der Waals surface area contributed by atoms with Gasteiger partial charge in [0.1, 0.15) is 14.9 Å². The van der Waals surface area contributed by atoms with Gasteiger partial charge in [0.05, 0.1) is 6.61 Å². The first kappa shape index (κ1) is 21.3. The fourth-order valence-corrected chi connectivity index (χ4v) is 6.23. The molecule has 1 aromatic heterocycles. The second kappa shape index (κ2) is 8.36. The topological polar surface area (TPSA) is 92.8 Å². The molecular formula is C15H19BrN2O5S3. The number of hydrogen-bond donors (Lipinski definition) is 1. The molecule has 0 spiro atoms. The molecule has 11 heteroatoms. The van der Waals surface area contributed by atoms with Gasteiger partial charge in [-0.15, -0.1) is 11.3 Å². The van der Waals surface area contributed by atoms with E-state index < -0.39 is 20.0 Å². The lowest BCUT2D eigenvalue weighted by Gasteiger charge is -2.12. The number of thiophene rings is 1. The first-order valence-electron chi connectivity index (χ1n) is 7.51. The zero-order valence-corrected chi connectivity index (χ0v) is 18.4. The zero-order valence-electron chi connectivity index (χ0n) is 14.4. The standard InChI is InChI=1S/C15H19BrN2O5S3/c1-4-23-13-7-5-11(16)9-14(13)25(19,20)17-10-12-6-8-15(24-12)26(21,22)18(2)3/h5-9,17H,4,10H2,1-3H3. The van der Waals surface area contributed by atoms with Crippen molar-refractivity contribution in [2.75, 3.05) is 20.7 Å². The Morgan fingerprint density at radius 2 is 1.85 bits per heavy atom. The third-order valence-corrected chi connectivity index (χ3v) is 8.59. The number of nitrogens with zero attached hydrogens (tertiary/aromatic N) is 1. The highest BCUT2D eigenvalue weighted by Crippen LogP contribution is 2.28. The Hall–Kier alpha value is -0.980. The van der Waals surface area contributed by atoms with Crippen molar-refractivity contribution < 1.29 is 21.6 Å². The molecule has 2 aromatic rings. The van der Waals surface area contributed by atoms with Gasteiger partial charge in [-0.3, -0.25) is 0 Å². The van der Waals surface area contributed by atoms with Gasteiger partial charge in [-0.2, -0.15) is 0 Å². The molecule has 0 aliphatic carbocycles. The Balaban J connectivity index is 2.22. The smallest absolute Gasteiger partial charge is 0.252 e. The van der Waals surface area contributed by atoms with Crippen LogP contribution in [0.15, 0.2) is 43.9 Å². The van der Waals surface area contributed by atoms with Crippen LogP contribution < -0.4 is 9.46 Å². The van der Waals surface area contributed by atoms with Crippen molar-refractivity contribution in [2.45, 2.75) is 22.6 Å². The summed E-state index contributed by atoms with van der Waals surface area (Å²) in [4.78, 5) is 0.605. The third kappa shape index (κ3) is 4.84. The maximum Gasteiger partial charge on any atom is 0.252 e. The molecule has 2 rings (SSSR count). The van der Waals surface area contributed by atoms with Gasteiger partial charge < -0.3 is 4.74 Å². The summed E-state index contributed by atoms with van der Waals surface area (Å²) in [6.45, 7) is 2.08. The van der Waals surface area contributed by atoms with Crippen molar-refractivity contribution in [1.29, 1.82) is 0 Å². The Labute approximate surface area is 166 Å². The average molecular weight is 483 g/mol. The van der Waals surface area contributed by atoms with Crippen LogP contribution in [0.4, 0.5) is 0 Å². The Kier molecular flexibility index (Phi) is 6.86. The molecule has 1 aromatic carbocycles. The van der Waals surface area contributed by atoms with Crippen molar-refractivity contribution in [1.82, 2.24) is 9.03 Å². The molecule has 0 bridgehead atoms. The molecule has 0 saturated heterocycles. The molecule has 0 atom stereocenters.